The van der Waals surface area contributed by atoms with Crippen molar-refractivity contribution in [3.8, 4) is 0 Å². The SMILES string of the molecule is Cc1ncc(C2(CNC(=O)c3cc(C)c4[nH]ccc4c3Cl)CCCCC2)cn1. The van der Waals surface area contributed by atoms with Gasteiger partial charge in [0.1, 0.15) is 5.82 Å². The number of halogens is 1. The van der Waals surface area contributed by atoms with Gasteiger partial charge in [0.2, 0.25) is 0 Å². The van der Waals surface area contributed by atoms with E-state index in [0.29, 0.717) is 17.1 Å². The molecule has 0 saturated heterocycles. The third kappa shape index (κ3) is 3.39. The van der Waals surface area contributed by atoms with Gasteiger partial charge < -0.3 is 10.3 Å². The normalized spacial score (nSPS) is 16.2. The minimum Gasteiger partial charge on any atom is -0.361 e. The second-order valence-corrected chi connectivity index (χ2v) is 8.24. The molecule has 1 fully saturated rings. The van der Waals surface area contributed by atoms with Crippen LogP contribution in [0.2, 0.25) is 5.02 Å². The van der Waals surface area contributed by atoms with E-state index in [2.05, 4.69) is 20.3 Å². The lowest BCUT2D eigenvalue weighted by Gasteiger charge is -2.37. The first kappa shape index (κ1) is 18.9. The van der Waals surface area contributed by atoms with Crippen LogP contribution in [0.4, 0.5) is 0 Å². The Morgan fingerprint density at radius 3 is 2.64 bits per heavy atom. The first-order valence-corrected chi connectivity index (χ1v) is 10.2. The quantitative estimate of drug-likeness (QED) is 0.661. The van der Waals surface area contributed by atoms with Gasteiger partial charge in [0.25, 0.3) is 5.91 Å². The van der Waals surface area contributed by atoms with Crippen LogP contribution in [0, 0.1) is 13.8 Å². The van der Waals surface area contributed by atoms with Crippen LogP contribution in [0.1, 0.15) is 59.4 Å². The molecule has 3 aromatic rings. The number of hydrogen-bond acceptors (Lipinski definition) is 3. The van der Waals surface area contributed by atoms with E-state index >= 15 is 0 Å². The van der Waals surface area contributed by atoms with Crippen LogP contribution in [0.25, 0.3) is 10.9 Å². The zero-order chi connectivity index (χ0) is 19.7. The molecule has 1 aromatic carbocycles. The number of nitrogens with one attached hydrogen (secondary N) is 2. The Kier molecular flexibility index (Phi) is 5.11. The van der Waals surface area contributed by atoms with Crippen molar-refractivity contribution in [1.29, 1.82) is 0 Å². The molecule has 1 amide bonds. The van der Waals surface area contributed by atoms with Gasteiger partial charge >= 0.3 is 0 Å². The van der Waals surface area contributed by atoms with Gasteiger partial charge in [0.15, 0.2) is 0 Å². The third-order valence-electron chi connectivity index (χ3n) is 6.01. The molecule has 2 aromatic heterocycles. The van der Waals surface area contributed by atoms with E-state index in [0.717, 1.165) is 53.5 Å². The number of amides is 1. The molecule has 146 valence electrons. The van der Waals surface area contributed by atoms with E-state index in [1.165, 1.54) is 6.42 Å². The van der Waals surface area contributed by atoms with Crippen LogP contribution in [0.15, 0.2) is 30.7 Å². The summed E-state index contributed by atoms with van der Waals surface area (Å²) < 4.78 is 0. The fraction of sp³-hybridized carbons (Fsp3) is 0.409. The second kappa shape index (κ2) is 7.55. The van der Waals surface area contributed by atoms with E-state index in [1.807, 2.05) is 44.6 Å². The summed E-state index contributed by atoms with van der Waals surface area (Å²) in [7, 11) is 0. The Morgan fingerprint density at radius 2 is 1.93 bits per heavy atom. The molecule has 6 heteroatoms. The number of carbonyl (C=O) groups excluding carboxylic acids is 1. The zero-order valence-electron chi connectivity index (χ0n) is 16.3. The van der Waals surface area contributed by atoms with E-state index < -0.39 is 0 Å². The smallest absolute Gasteiger partial charge is 0.252 e. The van der Waals surface area contributed by atoms with Gasteiger partial charge in [-0.3, -0.25) is 4.79 Å². The first-order valence-electron chi connectivity index (χ1n) is 9.84. The zero-order valence-corrected chi connectivity index (χ0v) is 17.1. The fourth-order valence-electron chi connectivity index (χ4n) is 4.35. The number of nitrogens with zero attached hydrogens (tertiary/aromatic N) is 2. The fourth-order valence-corrected chi connectivity index (χ4v) is 4.65. The van der Waals surface area contributed by atoms with E-state index in [1.54, 1.807) is 0 Å². The maximum Gasteiger partial charge on any atom is 0.252 e. The van der Waals surface area contributed by atoms with Gasteiger partial charge in [-0.05, 0) is 49.9 Å². The number of aromatic amines is 1. The highest BCUT2D eigenvalue weighted by Crippen LogP contribution is 2.39. The molecule has 0 aliphatic heterocycles. The minimum absolute atomic E-state index is 0.110. The summed E-state index contributed by atoms with van der Waals surface area (Å²) in [6.45, 7) is 4.44. The summed E-state index contributed by atoms with van der Waals surface area (Å²) >= 11 is 6.54. The second-order valence-electron chi connectivity index (χ2n) is 7.86. The van der Waals surface area contributed by atoms with Gasteiger partial charge in [-0.15, -0.1) is 0 Å². The van der Waals surface area contributed by atoms with Crippen molar-refractivity contribution in [2.24, 2.45) is 0 Å². The molecule has 0 bridgehead atoms. The Morgan fingerprint density at radius 1 is 1.21 bits per heavy atom. The number of hydrogen-bond donors (Lipinski definition) is 2. The number of fused-ring (bicyclic) bond motifs is 1. The monoisotopic (exact) mass is 396 g/mol. The average molecular weight is 397 g/mol. The first-order chi connectivity index (χ1) is 13.5. The summed E-state index contributed by atoms with van der Waals surface area (Å²) in [5.41, 5.74) is 3.51. The largest absolute Gasteiger partial charge is 0.361 e. The predicted molar refractivity (Wildman–Crippen MR) is 112 cm³/mol. The Labute approximate surface area is 169 Å². The summed E-state index contributed by atoms with van der Waals surface area (Å²) in [4.78, 5) is 25.0. The molecule has 1 aliphatic carbocycles. The van der Waals surface area contributed by atoms with Crippen molar-refractivity contribution in [3.63, 3.8) is 0 Å². The van der Waals surface area contributed by atoms with Gasteiger partial charge in [-0.2, -0.15) is 0 Å². The molecule has 0 atom stereocenters. The average Bonchev–Trinajstić information content (AvgIpc) is 3.21. The topological polar surface area (TPSA) is 70.7 Å². The van der Waals surface area contributed by atoms with E-state index in [9.17, 15) is 4.79 Å². The molecule has 2 N–H and O–H groups in total. The van der Waals surface area contributed by atoms with Crippen molar-refractivity contribution in [1.82, 2.24) is 20.3 Å². The summed E-state index contributed by atoms with van der Waals surface area (Å²) in [6.07, 6.45) is 11.3. The van der Waals surface area contributed by atoms with Crippen LogP contribution in [-0.4, -0.2) is 27.4 Å². The molecule has 0 radical (unpaired) electrons. The van der Waals surface area contributed by atoms with Crippen LogP contribution in [0.3, 0.4) is 0 Å². The molecule has 2 heterocycles. The highest BCUT2D eigenvalue weighted by molar-refractivity contribution is 6.38. The lowest BCUT2D eigenvalue weighted by Crippen LogP contribution is -2.42. The van der Waals surface area contributed by atoms with E-state index in [4.69, 9.17) is 11.6 Å². The van der Waals surface area contributed by atoms with Gasteiger partial charge in [0, 0.05) is 41.5 Å². The van der Waals surface area contributed by atoms with Crippen LogP contribution >= 0.6 is 11.6 Å². The van der Waals surface area contributed by atoms with Crippen molar-refractivity contribution in [2.45, 2.75) is 51.4 Å². The standard InChI is InChI=1S/C22H25ClN4O/c1-14-10-18(19(23)17-6-9-24-20(14)17)21(28)27-13-22(7-4-3-5-8-22)16-11-25-15(2)26-12-16/h6,9-12,24H,3-5,7-8,13H2,1-2H3,(H,27,28). The van der Waals surface area contributed by atoms with Crippen LogP contribution in [-0.2, 0) is 5.41 Å². The molecule has 28 heavy (non-hydrogen) atoms. The van der Waals surface area contributed by atoms with Crippen molar-refractivity contribution in [3.05, 3.63) is 58.3 Å². The van der Waals surface area contributed by atoms with Crippen molar-refractivity contribution in [2.75, 3.05) is 6.54 Å². The maximum atomic E-state index is 13.0. The van der Waals surface area contributed by atoms with Gasteiger partial charge in [-0.25, -0.2) is 9.97 Å². The molecule has 0 unspecified atom stereocenters. The molecule has 1 aliphatic rings. The number of aryl methyl sites for hydroxylation is 2. The highest BCUT2D eigenvalue weighted by Gasteiger charge is 2.35. The highest BCUT2D eigenvalue weighted by atomic mass is 35.5. The Balaban J connectivity index is 1.60. The van der Waals surface area contributed by atoms with Crippen LogP contribution < -0.4 is 5.32 Å². The number of H-pyrrole nitrogens is 1. The molecular weight excluding hydrogens is 372 g/mol. The lowest BCUT2D eigenvalue weighted by molar-refractivity contribution is 0.0936. The summed E-state index contributed by atoms with van der Waals surface area (Å²) in [5, 5.41) is 4.54. The molecule has 0 spiro atoms. The number of rotatable bonds is 4. The Hall–Kier alpha value is -2.40. The van der Waals surface area contributed by atoms with Crippen molar-refractivity contribution >= 4 is 28.4 Å². The number of aromatic nitrogens is 3. The van der Waals surface area contributed by atoms with Crippen LogP contribution in [0.5, 0.6) is 0 Å². The van der Waals surface area contributed by atoms with Gasteiger partial charge in [-0.1, -0.05) is 30.9 Å². The minimum atomic E-state index is -0.130. The van der Waals surface area contributed by atoms with Crippen molar-refractivity contribution < 1.29 is 4.79 Å². The molecular formula is C22H25ClN4O. The van der Waals surface area contributed by atoms with E-state index in [-0.39, 0.29) is 11.3 Å². The maximum absolute atomic E-state index is 13.0. The molecule has 1 saturated carbocycles. The number of benzene rings is 1. The number of carbonyl (C=O) groups is 1. The third-order valence-corrected chi connectivity index (χ3v) is 6.42. The summed E-state index contributed by atoms with van der Waals surface area (Å²) in [6, 6.07) is 3.77. The Bertz CT molecular complexity index is 1000. The molecule has 4 rings (SSSR count). The summed E-state index contributed by atoms with van der Waals surface area (Å²) in [5.74, 6) is 0.634. The van der Waals surface area contributed by atoms with Gasteiger partial charge in [0.05, 0.1) is 10.6 Å². The predicted octanol–water partition coefficient (Wildman–Crippen LogP) is 4.86. The lowest BCUT2D eigenvalue weighted by atomic mass is 9.70. The molecule has 5 nitrogen and oxygen atoms in total.